The Balaban J connectivity index is 1.78. The van der Waals surface area contributed by atoms with E-state index in [2.05, 4.69) is 30.2 Å². The first-order valence-corrected chi connectivity index (χ1v) is 7.06. The van der Waals surface area contributed by atoms with Crippen LogP contribution in [0.15, 0.2) is 18.3 Å². The van der Waals surface area contributed by atoms with Crippen LogP contribution in [0, 0.1) is 5.92 Å². The van der Waals surface area contributed by atoms with E-state index in [1.807, 2.05) is 6.07 Å². The second kappa shape index (κ2) is 6.74. The fourth-order valence-corrected chi connectivity index (χ4v) is 1.89. The van der Waals surface area contributed by atoms with E-state index in [4.69, 9.17) is 4.74 Å². The molecule has 0 aromatic carbocycles. The van der Waals surface area contributed by atoms with Gasteiger partial charge in [-0.05, 0) is 37.7 Å². The van der Waals surface area contributed by atoms with E-state index < -0.39 is 0 Å². The van der Waals surface area contributed by atoms with Gasteiger partial charge in [0.1, 0.15) is 0 Å². The van der Waals surface area contributed by atoms with Crippen molar-refractivity contribution in [3.8, 4) is 5.88 Å². The van der Waals surface area contributed by atoms with Crippen LogP contribution in [0.2, 0.25) is 0 Å². The number of hydrogen-bond donors (Lipinski definition) is 1. The van der Waals surface area contributed by atoms with Crippen molar-refractivity contribution in [3.05, 3.63) is 23.9 Å². The Morgan fingerprint density at radius 3 is 3.00 bits per heavy atom. The van der Waals surface area contributed by atoms with E-state index in [9.17, 15) is 0 Å². The minimum atomic E-state index is 0.721. The van der Waals surface area contributed by atoms with Gasteiger partial charge >= 0.3 is 0 Å². The molecule has 1 aromatic heterocycles. The van der Waals surface area contributed by atoms with Gasteiger partial charge in [0, 0.05) is 24.3 Å². The molecule has 1 aromatic rings. The van der Waals surface area contributed by atoms with Crippen molar-refractivity contribution in [1.29, 1.82) is 0 Å². The largest absolute Gasteiger partial charge is 0.477 e. The van der Waals surface area contributed by atoms with Crippen LogP contribution in [0.3, 0.4) is 0 Å². The lowest BCUT2D eigenvalue weighted by Gasteiger charge is -2.11. The number of ether oxygens (including phenoxy) is 1. The van der Waals surface area contributed by atoms with Crippen LogP contribution in [-0.2, 0) is 6.54 Å². The molecule has 2 rings (SSSR count). The van der Waals surface area contributed by atoms with Crippen molar-refractivity contribution in [1.82, 2.24) is 10.3 Å². The predicted octanol–water partition coefficient (Wildman–Crippen LogP) is 3.15. The molecule has 3 heteroatoms. The SMILES string of the molecule is CC(C)CCCOc1ncccc1CNC1CC1. The van der Waals surface area contributed by atoms with Gasteiger partial charge in [-0.2, -0.15) is 0 Å². The molecule has 0 amide bonds. The van der Waals surface area contributed by atoms with Gasteiger partial charge in [0.25, 0.3) is 0 Å². The zero-order chi connectivity index (χ0) is 12.8. The van der Waals surface area contributed by atoms with Gasteiger partial charge < -0.3 is 10.1 Å². The highest BCUT2D eigenvalue weighted by Gasteiger charge is 2.20. The van der Waals surface area contributed by atoms with Gasteiger partial charge in [0.15, 0.2) is 0 Å². The predicted molar refractivity (Wildman–Crippen MR) is 73.7 cm³/mol. The third kappa shape index (κ3) is 4.65. The highest BCUT2D eigenvalue weighted by atomic mass is 16.5. The first-order chi connectivity index (χ1) is 8.75. The molecule has 0 aliphatic heterocycles. The smallest absolute Gasteiger partial charge is 0.217 e. The molecular formula is C15H24N2O. The normalized spacial score (nSPS) is 15.1. The van der Waals surface area contributed by atoms with Crippen LogP contribution in [0.1, 0.15) is 45.1 Å². The number of aromatic nitrogens is 1. The fraction of sp³-hybridized carbons (Fsp3) is 0.667. The van der Waals surface area contributed by atoms with Crippen LogP contribution < -0.4 is 10.1 Å². The monoisotopic (exact) mass is 248 g/mol. The summed E-state index contributed by atoms with van der Waals surface area (Å²) in [5, 5.41) is 3.50. The maximum Gasteiger partial charge on any atom is 0.217 e. The topological polar surface area (TPSA) is 34.1 Å². The summed E-state index contributed by atoms with van der Waals surface area (Å²) in [6.07, 6.45) is 6.74. The molecular weight excluding hydrogens is 224 g/mol. The molecule has 0 unspecified atom stereocenters. The molecule has 1 aliphatic rings. The fourth-order valence-electron chi connectivity index (χ4n) is 1.89. The second-order valence-corrected chi connectivity index (χ2v) is 5.51. The third-order valence-corrected chi connectivity index (χ3v) is 3.17. The Hall–Kier alpha value is -1.09. The molecule has 0 saturated heterocycles. The molecule has 1 saturated carbocycles. The average molecular weight is 248 g/mol. The van der Waals surface area contributed by atoms with E-state index in [0.29, 0.717) is 0 Å². The van der Waals surface area contributed by atoms with Gasteiger partial charge in [0.2, 0.25) is 5.88 Å². The summed E-state index contributed by atoms with van der Waals surface area (Å²) in [6.45, 7) is 6.13. The Morgan fingerprint density at radius 2 is 2.28 bits per heavy atom. The molecule has 0 spiro atoms. The van der Waals surface area contributed by atoms with Crippen LogP contribution >= 0.6 is 0 Å². The van der Waals surface area contributed by atoms with Gasteiger partial charge in [-0.1, -0.05) is 19.9 Å². The lowest BCUT2D eigenvalue weighted by Crippen LogP contribution is -2.16. The number of pyridine rings is 1. The van der Waals surface area contributed by atoms with E-state index in [0.717, 1.165) is 37.4 Å². The van der Waals surface area contributed by atoms with Crippen molar-refractivity contribution in [2.75, 3.05) is 6.61 Å². The summed E-state index contributed by atoms with van der Waals surface area (Å²) >= 11 is 0. The molecule has 0 radical (unpaired) electrons. The maximum atomic E-state index is 5.79. The summed E-state index contributed by atoms with van der Waals surface area (Å²) in [6, 6.07) is 4.80. The van der Waals surface area contributed by atoms with Crippen LogP contribution in [0.5, 0.6) is 5.88 Å². The number of nitrogens with one attached hydrogen (secondary N) is 1. The van der Waals surface area contributed by atoms with Gasteiger partial charge in [-0.15, -0.1) is 0 Å². The quantitative estimate of drug-likeness (QED) is 0.718. The molecule has 1 fully saturated rings. The standard InChI is InChI=1S/C15H24N2O/c1-12(2)5-4-10-18-15-13(6-3-9-16-15)11-17-14-7-8-14/h3,6,9,12,14,17H,4-5,7-8,10-11H2,1-2H3. The van der Waals surface area contributed by atoms with Gasteiger partial charge in [-0.3, -0.25) is 0 Å². The van der Waals surface area contributed by atoms with Crippen molar-refractivity contribution in [2.45, 2.75) is 52.1 Å². The lowest BCUT2D eigenvalue weighted by atomic mass is 10.1. The van der Waals surface area contributed by atoms with Crippen molar-refractivity contribution in [2.24, 2.45) is 5.92 Å². The first kappa shape index (κ1) is 13.3. The summed E-state index contributed by atoms with van der Waals surface area (Å²) in [4.78, 5) is 4.33. The molecule has 1 aliphatic carbocycles. The molecule has 100 valence electrons. The van der Waals surface area contributed by atoms with Crippen LogP contribution in [-0.4, -0.2) is 17.6 Å². The Bertz CT molecular complexity index is 361. The number of rotatable bonds is 8. The highest BCUT2D eigenvalue weighted by Crippen LogP contribution is 2.21. The first-order valence-electron chi connectivity index (χ1n) is 7.06. The average Bonchev–Trinajstić information content (AvgIpc) is 3.17. The molecule has 1 heterocycles. The van der Waals surface area contributed by atoms with Gasteiger partial charge in [-0.25, -0.2) is 4.98 Å². The van der Waals surface area contributed by atoms with E-state index >= 15 is 0 Å². The summed E-state index contributed by atoms with van der Waals surface area (Å²) in [5.74, 6) is 1.54. The summed E-state index contributed by atoms with van der Waals surface area (Å²) in [5.41, 5.74) is 1.17. The zero-order valence-electron chi connectivity index (χ0n) is 11.5. The molecule has 0 atom stereocenters. The molecule has 1 N–H and O–H groups in total. The number of hydrogen-bond acceptors (Lipinski definition) is 3. The van der Waals surface area contributed by atoms with E-state index in [1.165, 1.54) is 24.8 Å². The van der Waals surface area contributed by atoms with Crippen molar-refractivity contribution >= 4 is 0 Å². The second-order valence-electron chi connectivity index (χ2n) is 5.51. The van der Waals surface area contributed by atoms with E-state index in [-0.39, 0.29) is 0 Å². The Morgan fingerprint density at radius 1 is 1.44 bits per heavy atom. The lowest BCUT2D eigenvalue weighted by molar-refractivity contribution is 0.283. The molecule has 3 nitrogen and oxygen atoms in total. The van der Waals surface area contributed by atoms with Crippen LogP contribution in [0.4, 0.5) is 0 Å². The van der Waals surface area contributed by atoms with Crippen molar-refractivity contribution in [3.63, 3.8) is 0 Å². The summed E-state index contributed by atoms with van der Waals surface area (Å²) < 4.78 is 5.79. The summed E-state index contributed by atoms with van der Waals surface area (Å²) in [7, 11) is 0. The minimum Gasteiger partial charge on any atom is -0.477 e. The maximum absolute atomic E-state index is 5.79. The number of nitrogens with zero attached hydrogens (tertiary/aromatic N) is 1. The molecule has 0 bridgehead atoms. The third-order valence-electron chi connectivity index (χ3n) is 3.17. The van der Waals surface area contributed by atoms with Crippen molar-refractivity contribution < 1.29 is 4.74 Å². The van der Waals surface area contributed by atoms with Gasteiger partial charge in [0.05, 0.1) is 6.61 Å². The highest BCUT2D eigenvalue weighted by molar-refractivity contribution is 5.25. The Kier molecular flexibility index (Phi) is 5.00. The van der Waals surface area contributed by atoms with E-state index in [1.54, 1.807) is 6.20 Å². The van der Waals surface area contributed by atoms with Crippen LogP contribution in [0.25, 0.3) is 0 Å². The zero-order valence-corrected chi connectivity index (χ0v) is 11.5. The molecule has 18 heavy (non-hydrogen) atoms. The minimum absolute atomic E-state index is 0.721. The Labute approximate surface area is 110 Å².